The number of hydrogen-bond acceptors (Lipinski definition) is 5. The van der Waals surface area contributed by atoms with Gasteiger partial charge in [-0.15, -0.1) is 0 Å². The van der Waals surface area contributed by atoms with Gasteiger partial charge in [0.15, 0.2) is 0 Å². The zero-order valence-corrected chi connectivity index (χ0v) is 16.1. The van der Waals surface area contributed by atoms with Crippen LogP contribution >= 0.6 is 0 Å². The van der Waals surface area contributed by atoms with Gasteiger partial charge in [-0.05, 0) is 57.8 Å². The average molecular weight is 357 g/mol. The van der Waals surface area contributed by atoms with Crippen LogP contribution in [-0.4, -0.2) is 50.4 Å². The normalized spacial score (nSPS) is 20.6. The van der Waals surface area contributed by atoms with Gasteiger partial charge in [-0.2, -0.15) is 5.10 Å². The number of terminal acetylenes is 1. The van der Waals surface area contributed by atoms with Gasteiger partial charge in [0, 0.05) is 37.8 Å². The van der Waals surface area contributed by atoms with Gasteiger partial charge in [-0.25, -0.2) is 5.43 Å². The molecule has 0 aromatic heterocycles. The third kappa shape index (κ3) is 7.07. The Kier molecular flexibility index (Phi) is 9.02. The summed E-state index contributed by atoms with van der Waals surface area (Å²) in [5.41, 5.74) is 3.91. The predicted molar refractivity (Wildman–Crippen MR) is 108 cm³/mol. The molecule has 1 fully saturated rings. The lowest BCUT2D eigenvalue weighted by molar-refractivity contribution is 0.144. The fraction of sp³-hybridized carbons (Fsp3) is 0.571. The number of hydrazone groups is 1. The van der Waals surface area contributed by atoms with Gasteiger partial charge in [0.25, 0.3) is 0 Å². The van der Waals surface area contributed by atoms with E-state index in [0.717, 1.165) is 57.5 Å². The number of nitrogens with one attached hydrogen (secondary N) is 2. The van der Waals surface area contributed by atoms with Crippen LogP contribution in [0.2, 0.25) is 0 Å². The molecule has 1 aliphatic rings. The monoisotopic (exact) mass is 356 g/mol. The molecule has 1 aromatic carbocycles. The molecule has 0 heterocycles. The lowest BCUT2D eigenvalue weighted by Gasteiger charge is -2.30. The Labute approximate surface area is 158 Å². The van der Waals surface area contributed by atoms with Crippen molar-refractivity contribution >= 4 is 5.71 Å². The highest BCUT2D eigenvalue weighted by Crippen LogP contribution is 2.29. The molecule has 1 saturated carbocycles. The van der Waals surface area contributed by atoms with E-state index in [-0.39, 0.29) is 0 Å². The lowest BCUT2D eigenvalue weighted by Crippen LogP contribution is -2.33. The second kappa shape index (κ2) is 11.6. The van der Waals surface area contributed by atoms with Crippen molar-refractivity contribution in [2.45, 2.75) is 38.2 Å². The summed E-state index contributed by atoms with van der Waals surface area (Å²) in [5, 5.41) is 7.66. The van der Waals surface area contributed by atoms with Crippen molar-refractivity contribution in [1.29, 1.82) is 0 Å². The summed E-state index contributed by atoms with van der Waals surface area (Å²) in [6.45, 7) is 3.02. The minimum Gasteiger partial charge on any atom is -0.490 e. The Bertz CT molecular complexity index is 573. The van der Waals surface area contributed by atoms with Crippen molar-refractivity contribution in [2.75, 3.05) is 33.7 Å². The zero-order chi connectivity index (χ0) is 18.6. The van der Waals surface area contributed by atoms with E-state index < -0.39 is 0 Å². The quantitative estimate of drug-likeness (QED) is 0.293. The molecule has 0 atom stereocenters. The number of ether oxygens (including phenoxy) is 1. The Morgan fingerprint density at radius 1 is 1.23 bits per heavy atom. The third-order valence-corrected chi connectivity index (χ3v) is 4.95. The van der Waals surface area contributed by atoms with Gasteiger partial charge in [0.1, 0.15) is 5.75 Å². The lowest BCUT2D eigenvalue weighted by atomic mass is 9.83. The Morgan fingerprint density at radius 2 is 1.96 bits per heavy atom. The molecule has 142 valence electrons. The Morgan fingerprint density at radius 3 is 2.62 bits per heavy atom. The fourth-order valence-corrected chi connectivity index (χ4v) is 3.38. The maximum absolute atomic E-state index is 6.10. The molecule has 0 spiro atoms. The molecule has 0 radical (unpaired) electrons. The van der Waals surface area contributed by atoms with Gasteiger partial charge >= 0.3 is 0 Å². The van der Waals surface area contributed by atoms with Crippen LogP contribution in [0, 0.1) is 18.4 Å². The molecule has 5 nitrogen and oxygen atoms in total. The molecule has 5 heteroatoms. The number of benzene rings is 1. The topological polar surface area (TPSA) is 48.9 Å². The van der Waals surface area contributed by atoms with Crippen molar-refractivity contribution in [2.24, 2.45) is 11.0 Å². The summed E-state index contributed by atoms with van der Waals surface area (Å²) in [7, 11) is 4.13. The predicted octanol–water partition coefficient (Wildman–Crippen LogP) is 2.70. The van der Waals surface area contributed by atoms with Crippen LogP contribution in [0.1, 0.15) is 32.1 Å². The molecule has 1 aromatic rings. The Balaban J connectivity index is 1.83. The highest BCUT2D eigenvalue weighted by atomic mass is 16.5. The summed E-state index contributed by atoms with van der Waals surface area (Å²) in [6, 6.07) is 12.5. The van der Waals surface area contributed by atoms with E-state index in [1.165, 1.54) is 5.71 Å². The molecule has 2 rings (SSSR count). The molecular weight excluding hydrogens is 324 g/mol. The van der Waals surface area contributed by atoms with Crippen LogP contribution in [-0.2, 0) is 0 Å². The van der Waals surface area contributed by atoms with E-state index in [2.05, 4.69) is 33.8 Å². The molecule has 1 aliphatic carbocycles. The van der Waals surface area contributed by atoms with Crippen LogP contribution in [0.4, 0.5) is 0 Å². The van der Waals surface area contributed by atoms with Crippen LogP contribution in [0.5, 0.6) is 5.75 Å². The SMILES string of the molecule is C#CN/N=C(\CCN(C)CCNC)C1CCC(Oc2ccccc2)CC1. The van der Waals surface area contributed by atoms with E-state index in [9.17, 15) is 0 Å². The van der Waals surface area contributed by atoms with Gasteiger partial charge in [0.05, 0.1) is 6.10 Å². The number of nitrogens with zero attached hydrogens (tertiary/aromatic N) is 2. The van der Waals surface area contributed by atoms with E-state index in [0.29, 0.717) is 12.0 Å². The fourth-order valence-electron chi connectivity index (χ4n) is 3.38. The number of para-hydroxylation sites is 1. The summed E-state index contributed by atoms with van der Waals surface area (Å²) < 4.78 is 6.10. The number of likely N-dealkylation sites (N-methyl/N-ethyl adjacent to an activating group) is 2. The van der Waals surface area contributed by atoms with E-state index in [4.69, 9.17) is 11.2 Å². The van der Waals surface area contributed by atoms with E-state index >= 15 is 0 Å². The Hall–Kier alpha value is -2.03. The number of rotatable bonds is 10. The minimum absolute atomic E-state index is 0.300. The van der Waals surface area contributed by atoms with Gasteiger partial charge in [-0.1, -0.05) is 24.6 Å². The molecule has 0 saturated heterocycles. The van der Waals surface area contributed by atoms with Crippen LogP contribution in [0.25, 0.3) is 0 Å². The molecular formula is C21H32N4O. The second-order valence-corrected chi connectivity index (χ2v) is 6.92. The number of hydrogen-bond donors (Lipinski definition) is 2. The van der Waals surface area contributed by atoms with Crippen molar-refractivity contribution < 1.29 is 4.74 Å². The molecule has 0 bridgehead atoms. The smallest absolute Gasteiger partial charge is 0.119 e. The molecule has 0 amide bonds. The molecule has 0 unspecified atom stereocenters. The van der Waals surface area contributed by atoms with Gasteiger partial charge < -0.3 is 15.0 Å². The average Bonchev–Trinajstić information content (AvgIpc) is 2.68. The van der Waals surface area contributed by atoms with Crippen LogP contribution < -0.4 is 15.5 Å². The summed E-state index contributed by atoms with van der Waals surface area (Å²) in [6.07, 6.45) is 10.9. The van der Waals surface area contributed by atoms with E-state index in [1.54, 1.807) is 0 Å². The standard InChI is InChI=1S/C21H32N4O/c1-4-23-24-21(14-16-25(3)17-15-22-2)18-10-12-20(13-11-18)26-19-8-6-5-7-9-19/h1,5-9,18,20,22-23H,10-17H2,2-3H3/b24-21+. The summed E-state index contributed by atoms with van der Waals surface area (Å²) in [5.74, 6) is 1.45. The molecule has 0 aliphatic heterocycles. The van der Waals surface area contributed by atoms with Gasteiger partial charge in [-0.3, -0.25) is 0 Å². The summed E-state index contributed by atoms with van der Waals surface area (Å²) >= 11 is 0. The van der Waals surface area contributed by atoms with Crippen molar-refractivity contribution in [3.05, 3.63) is 30.3 Å². The largest absolute Gasteiger partial charge is 0.490 e. The van der Waals surface area contributed by atoms with E-state index in [1.807, 2.05) is 37.4 Å². The van der Waals surface area contributed by atoms with Crippen molar-refractivity contribution in [3.63, 3.8) is 0 Å². The first-order chi connectivity index (χ1) is 12.7. The third-order valence-electron chi connectivity index (χ3n) is 4.95. The minimum atomic E-state index is 0.300. The van der Waals surface area contributed by atoms with Crippen molar-refractivity contribution in [3.8, 4) is 18.2 Å². The van der Waals surface area contributed by atoms with Crippen LogP contribution in [0.3, 0.4) is 0 Å². The highest BCUT2D eigenvalue weighted by Gasteiger charge is 2.26. The van der Waals surface area contributed by atoms with Crippen molar-refractivity contribution in [1.82, 2.24) is 15.6 Å². The first kappa shape index (κ1) is 20.3. The zero-order valence-electron chi connectivity index (χ0n) is 16.1. The second-order valence-electron chi connectivity index (χ2n) is 6.92. The maximum atomic E-state index is 6.10. The first-order valence-electron chi connectivity index (χ1n) is 9.54. The highest BCUT2D eigenvalue weighted by molar-refractivity contribution is 5.87. The molecule has 2 N–H and O–H groups in total. The first-order valence-corrected chi connectivity index (χ1v) is 9.54. The molecule has 26 heavy (non-hydrogen) atoms. The van der Waals surface area contributed by atoms with Gasteiger partial charge in [0.2, 0.25) is 0 Å². The van der Waals surface area contributed by atoms with Crippen LogP contribution in [0.15, 0.2) is 35.4 Å². The maximum Gasteiger partial charge on any atom is 0.119 e. The summed E-state index contributed by atoms with van der Waals surface area (Å²) in [4.78, 5) is 2.33.